The molecule has 2 N–H and O–H groups in total. The van der Waals surface area contributed by atoms with Gasteiger partial charge in [-0.15, -0.1) is 6.42 Å². The van der Waals surface area contributed by atoms with E-state index in [1.807, 2.05) is 6.07 Å². The fourth-order valence-electron chi connectivity index (χ4n) is 2.29. The Hall–Kier alpha value is -2.73. The van der Waals surface area contributed by atoms with Crippen molar-refractivity contribution in [2.45, 2.75) is 11.4 Å². The number of hydrogen-bond acceptors (Lipinski definition) is 4. The molecule has 8 heteroatoms. The molecule has 1 amide bonds. The highest BCUT2D eigenvalue weighted by molar-refractivity contribution is 7.89. The lowest BCUT2D eigenvalue weighted by Gasteiger charge is -2.01. The summed E-state index contributed by atoms with van der Waals surface area (Å²) in [6, 6.07) is 13.1. The largest absolute Gasteiger partial charge is 0.305 e. The van der Waals surface area contributed by atoms with Crippen LogP contribution >= 0.6 is 11.3 Å². The molecule has 126 valence electrons. The molecule has 1 heterocycles. The van der Waals surface area contributed by atoms with E-state index < -0.39 is 15.9 Å². The Balaban J connectivity index is 2.20. The number of primary sulfonamides is 1. The molecular formula is C17H13N3O3S2. The van der Waals surface area contributed by atoms with Gasteiger partial charge in [-0.1, -0.05) is 35.5 Å². The molecule has 0 spiro atoms. The van der Waals surface area contributed by atoms with Crippen LogP contribution < -0.4 is 9.94 Å². The second-order valence-corrected chi connectivity index (χ2v) is 7.70. The first-order valence-corrected chi connectivity index (χ1v) is 9.50. The second kappa shape index (κ2) is 6.64. The van der Waals surface area contributed by atoms with Crippen LogP contribution in [-0.4, -0.2) is 18.9 Å². The van der Waals surface area contributed by atoms with Gasteiger partial charge < -0.3 is 4.57 Å². The first-order valence-electron chi connectivity index (χ1n) is 7.14. The zero-order valence-electron chi connectivity index (χ0n) is 12.9. The minimum Gasteiger partial charge on any atom is -0.305 e. The third-order valence-electron chi connectivity index (χ3n) is 3.45. The third-order valence-corrected chi connectivity index (χ3v) is 5.40. The number of aromatic nitrogens is 1. The van der Waals surface area contributed by atoms with Crippen molar-refractivity contribution in [1.82, 2.24) is 4.57 Å². The number of thiazole rings is 1. The van der Waals surface area contributed by atoms with Crippen molar-refractivity contribution in [3.8, 4) is 12.3 Å². The first-order chi connectivity index (χ1) is 11.9. The van der Waals surface area contributed by atoms with Crippen LogP contribution in [0, 0.1) is 12.3 Å². The lowest BCUT2D eigenvalue weighted by molar-refractivity contribution is 0.0998. The molecule has 0 bridgehead atoms. The lowest BCUT2D eigenvalue weighted by atomic mass is 10.2. The maximum Gasteiger partial charge on any atom is 0.279 e. The molecule has 0 atom stereocenters. The predicted octanol–water partition coefficient (Wildman–Crippen LogP) is 1.72. The highest BCUT2D eigenvalue weighted by Crippen LogP contribution is 2.21. The number of carbonyl (C=O) groups is 1. The van der Waals surface area contributed by atoms with Gasteiger partial charge >= 0.3 is 0 Å². The summed E-state index contributed by atoms with van der Waals surface area (Å²) in [6.45, 7) is 0.204. The van der Waals surface area contributed by atoms with E-state index in [0.717, 1.165) is 0 Å². The van der Waals surface area contributed by atoms with Gasteiger partial charge in [0.25, 0.3) is 5.91 Å². The molecule has 0 saturated carbocycles. The van der Waals surface area contributed by atoms with Gasteiger partial charge in [-0.05, 0) is 30.3 Å². The molecule has 3 rings (SSSR count). The van der Waals surface area contributed by atoms with E-state index in [2.05, 4.69) is 10.9 Å². The third kappa shape index (κ3) is 3.53. The number of amides is 1. The summed E-state index contributed by atoms with van der Waals surface area (Å²) in [5.74, 6) is 2.12. The minimum absolute atomic E-state index is 0.00459. The highest BCUT2D eigenvalue weighted by Gasteiger charge is 2.13. The lowest BCUT2D eigenvalue weighted by Crippen LogP contribution is -2.16. The Bertz CT molecular complexity index is 1170. The van der Waals surface area contributed by atoms with Crippen molar-refractivity contribution in [2.75, 3.05) is 0 Å². The SMILES string of the molecule is C#CCn1c(=NC(=O)c2ccccc2)sc2cc(S(N)(=O)=O)ccc21. The summed E-state index contributed by atoms with van der Waals surface area (Å²) >= 11 is 1.18. The van der Waals surface area contributed by atoms with E-state index >= 15 is 0 Å². The Kier molecular flexibility index (Phi) is 4.55. The van der Waals surface area contributed by atoms with Crippen LogP contribution in [0.3, 0.4) is 0 Å². The number of terminal acetylenes is 1. The van der Waals surface area contributed by atoms with E-state index in [0.29, 0.717) is 20.6 Å². The smallest absolute Gasteiger partial charge is 0.279 e. The fraction of sp³-hybridized carbons (Fsp3) is 0.0588. The molecule has 0 fully saturated rings. The van der Waals surface area contributed by atoms with Crippen LogP contribution in [0.25, 0.3) is 10.2 Å². The van der Waals surface area contributed by atoms with Crippen LogP contribution in [0.15, 0.2) is 58.4 Å². The molecular weight excluding hydrogens is 358 g/mol. The van der Waals surface area contributed by atoms with Crippen molar-refractivity contribution in [2.24, 2.45) is 10.1 Å². The summed E-state index contributed by atoms with van der Waals surface area (Å²) in [6.07, 6.45) is 5.41. The molecule has 0 radical (unpaired) electrons. The zero-order chi connectivity index (χ0) is 18.0. The molecule has 25 heavy (non-hydrogen) atoms. The van der Waals surface area contributed by atoms with E-state index in [1.54, 1.807) is 34.9 Å². The molecule has 0 aliphatic rings. The molecule has 0 saturated heterocycles. The average molecular weight is 371 g/mol. The van der Waals surface area contributed by atoms with Crippen LogP contribution in [0.1, 0.15) is 10.4 Å². The van der Waals surface area contributed by atoms with Gasteiger partial charge in [0.15, 0.2) is 4.80 Å². The molecule has 3 aromatic rings. The minimum atomic E-state index is -3.82. The fourth-order valence-corrected chi connectivity index (χ4v) is 3.97. The van der Waals surface area contributed by atoms with Crippen molar-refractivity contribution in [3.63, 3.8) is 0 Å². The number of nitrogens with two attached hydrogens (primary N) is 1. The van der Waals surface area contributed by atoms with E-state index in [1.165, 1.54) is 23.5 Å². The van der Waals surface area contributed by atoms with Gasteiger partial charge in [0.05, 0.1) is 21.7 Å². The summed E-state index contributed by atoms with van der Waals surface area (Å²) in [5, 5.41) is 5.17. The monoisotopic (exact) mass is 371 g/mol. The maximum absolute atomic E-state index is 12.3. The average Bonchev–Trinajstić information content (AvgIpc) is 2.92. The molecule has 6 nitrogen and oxygen atoms in total. The van der Waals surface area contributed by atoms with Crippen LogP contribution in [0.2, 0.25) is 0 Å². The van der Waals surface area contributed by atoms with Gasteiger partial charge in [0.2, 0.25) is 10.0 Å². The number of benzene rings is 2. The van der Waals surface area contributed by atoms with Gasteiger partial charge in [-0.3, -0.25) is 4.79 Å². The molecule has 1 aromatic heterocycles. The first kappa shape index (κ1) is 17.1. The standard InChI is InChI=1S/C17H13N3O3S2/c1-2-10-20-14-9-8-13(25(18,22)23)11-15(14)24-17(20)19-16(21)12-6-4-3-5-7-12/h1,3-9,11H,10H2,(H2,18,22,23). The number of carbonyl (C=O) groups excluding carboxylic acids is 1. The summed E-state index contributed by atoms with van der Waals surface area (Å²) in [4.78, 5) is 16.9. The topological polar surface area (TPSA) is 94.5 Å². The Morgan fingerprint density at radius 1 is 1.24 bits per heavy atom. The van der Waals surface area contributed by atoms with Crippen molar-refractivity contribution in [1.29, 1.82) is 0 Å². The van der Waals surface area contributed by atoms with Crippen LogP contribution in [0.4, 0.5) is 0 Å². The number of sulfonamides is 1. The zero-order valence-corrected chi connectivity index (χ0v) is 14.5. The Morgan fingerprint density at radius 2 is 1.96 bits per heavy atom. The Morgan fingerprint density at radius 3 is 2.60 bits per heavy atom. The summed E-state index contributed by atoms with van der Waals surface area (Å²) < 4.78 is 25.4. The van der Waals surface area contributed by atoms with Crippen molar-refractivity contribution >= 4 is 37.5 Å². The number of hydrogen-bond donors (Lipinski definition) is 1. The van der Waals surface area contributed by atoms with Crippen molar-refractivity contribution < 1.29 is 13.2 Å². The summed E-state index contributed by atoms with van der Waals surface area (Å²) in [5.41, 5.74) is 1.15. The van der Waals surface area contributed by atoms with Crippen LogP contribution in [-0.2, 0) is 16.6 Å². The van der Waals surface area contributed by atoms with Gasteiger partial charge in [-0.2, -0.15) is 4.99 Å². The van der Waals surface area contributed by atoms with E-state index in [9.17, 15) is 13.2 Å². The number of rotatable bonds is 3. The van der Waals surface area contributed by atoms with Crippen molar-refractivity contribution in [3.05, 3.63) is 58.9 Å². The van der Waals surface area contributed by atoms with Gasteiger partial charge in [0.1, 0.15) is 0 Å². The molecule has 0 aliphatic carbocycles. The van der Waals surface area contributed by atoms with Gasteiger partial charge in [0, 0.05) is 5.56 Å². The van der Waals surface area contributed by atoms with E-state index in [4.69, 9.17) is 11.6 Å². The maximum atomic E-state index is 12.3. The molecule has 0 aliphatic heterocycles. The second-order valence-electron chi connectivity index (χ2n) is 5.13. The highest BCUT2D eigenvalue weighted by atomic mass is 32.2. The summed E-state index contributed by atoms with van der Waals surface area (Å²) in [7, 11) is -3.82. The predicted molar refractivity (Wildman–Crippen MR) is 96.4 cm³/mol. The Labute approximate surface area is 148 Å². The quantitative estimate of drug-likeness (QED) is 0.710. The van der Waals surface area contributed by atoms with E-state index in [-0.39, 0.29) is 11.4 Å². The van der Waals surface area contributed by atoms with Gasteiger partial charge in [-0.25, -0.2) is 13.6 Å². The van der Waals surface area contributed by atoms with Crippen LogP contribution in [0.5, 0.6) is 0 Å². The molecule has 0 unspecified atom stereocenters. The number of fused-ring (bicyclic) bond motifs is 1. The normalized spacial score (nSPS) is 12.2. The number of nitrogens with zero attached hydrogens (tertiary/aromatic N) is 2. The molecule has 2 aromatic carbocycles.